The lowest BCUT2D eigenvalue weighted by atomic mass is 10.1. The Morgan fingerprint density at radius 3 is 2.80 bits per heavy atom. The average Bonchev–Trinajstić information content (AvgIpc) is 3.22. The van der Waals surface area contributed by atoms with Crippen molar-refractivity contribution in [3.05, 3.63) is 23.8 Å². The molecule has 0 atom stereocenters. The quantitative estimate of drug-likeness (QED) is 0.718. The van der Waals surface area contributed by atoms with E-state index in [1.165, 1.54) is 13.2 Å². The summed E-state index contributed by atoms with van der Waals surface area (Å²) >= 11 is 0. The Morgan fingerprint density at radius 1 is 1.40 bits per heavy atom. The van der Waals surface area contributed by atoms with Gasteiger partial charge < -0.3 is 20.5 Å². The fraction of sp³-hybridized carbons (Fsp3) is 0.429. The van der Waals surface area contributed by atoms with E-state index < -0.39 is 5.91 Å². The molecule has 2 rings (SSSR count). The maximum absolute atomic E-state index is 11.9. The first-order valence-electron chi connectivity index (χ1n) is 6.55. The number of para-hydroxylation sites is 1. The molecule has 0 radical (unpaired) electrons. The van der Waals surface area contributed by atoms with Gasteiger partial charge in [0.2, 0.25) is 5.91 Å². The van der Waals surface area contributed by atoms with E-state index in [1.54, 1.807) is 12.1 Å². The standard InChI is InChI=1S/C14H18N2O4/c1-20-11-4-2-3-10(13(11)18)14(19)15-8-7-12(17)16-9-5-6-9/h2-4,9,18H,5-8H2,1H3,(H,15,19)(H,16,17). The Bertz CT molecular complexity index is 512. The second-order valence-corrected chi connectivity index (χ2v) is 4.70. The van der Waals surface area contributed by atoms with Gasteiger partial charge >= 0.3 is 0 Å². The lowest BCUT2D eigenvalue weighted by Gasteiger charge is -2.09. The molecule has 6 nitrogen and oxygen atoms in total. The summed E-state index contributed by atoms with van der Waals surface area (Å²) in [5.41, 5.74) is 0.131. The van der Waals surface area contributed by atoms with Crippen LogP contribution in [-0.2, 0) is 4.79 Å². The molecule has 1 aliphatic rings. The first-order chi connectivity index (χ1) is 9.61. The van der Waals surface area contributed by atoms with Crippen molar-refractivity contribution in [3.8, 4) is 11.5 Å². The fourth-order valence-corrected chi connectivity index (χ4v) is 1.78. The Labute approximate surface area is 117 Å². The van der Waals surface area contributed by atoms with E-state index in [0.29, 0.717) is 6.04 Å². The minimum atomic E-state index is -0.430. The maximum Gasteiger partial charge on any atom is 0.255 e. The largest absolute Gasteiger partial charge is 0.504 e. The van der Waals surface area contributed by atoms with E-state index in [2.05, 4.69) is 10.6 Å². The van der Waals surface area contributed by atoms with Gasteiger partial charge in [0.05, 0.1) is 12.7 Å². The van der Waals surface area contributed by atoms with Crippen LogP contribution in [0.1, 0.15) is 29.6 Å². The zero-order chi connectivity index (χ0) is 14.5. The Balaban J connectivity index is 1.83. The van der Waals surface area contributed by atoms with E-state index in [-0.39, 0.29) is 35.9 Å². The first-order valence-corrected chi connectivity index (χ1v) is 6.55. The number of amides is 2. The third-order valence-electron chi connectivity index (χ3n) is 3.04. The van der Waals surface area contributed by atoms with Crippen molar-refractivity contribution in [1.29, 1.82) is 0 Å². The van der Waals surface area contributed by atoms with Crippen molar-refractivity contribution in [1.82, 2.24) is 10.6 Å². The zero-order valence-corrected chi connectivity index (χ0v) is 11.3. The molecule has 0 spiro atoms. The molecule has 0 aromatic heterocycles. The van der Waals surface area contributed by atoms with Crippen LogP contribution in [0.25, 0.3) is 0 Å². The highest BCUT2D eigenvalue weighted by atomic mass is 16.5. The van der Waals surface area contributed by atoms with Crippen molar-refractivity contribution in [3.63, 3.8) is 0 Å². The normalized spacial score (nSPS) is 13.7. The van der Waals surface area contributed by atoms with Crippen LogP contribution < -0.4 is 15.4 Å². The highest BCUT2D eigenvalue weighted by Crippen LogP contribution is 2.29. The van der Waals surface area contributed by atoms with Gasteiger partial charge in [-0.1, -0.05) is 6.07 Å². The van der Waals surface area contributed by atoms with Gasteiger partial charge in [0.15, 0.2) is 11.5 Å². The van der Waals surface area contributed by atoms with Gasteiger partial charge in [0.25, 0.3) is 5.91 Å². The number of hydrogen-bond donors (Lipinski definition) is 3. The number of carbonyl (C=O) groups excluding carboxylic acids is 2. The van der Waals surface area contributed by atoms with E-state index in [0.717, 1.165) is 12.8 Å². The molecular weight excluding hydrogens is 260 g/mol. The summed E-state index contributed by atoms with van der Waals surface area (Å²) in [7, 11) is 1.42. The molecule has 0 heterocycles. The highest BCUT2D eigenvalue weighted by molar-refractivity contribution is 5.97. The van der Waals surface area contributed by atoms with Crippen molar-refractivity contribution in [2.24, 2.45) is 0 Å². The summed E-state index contributed by atoms with van der Waals surface area (Å²) in [4.78, 5) is 23.3. The van der Waals surface area contributed by atoms with Crippen LogP contribution in [0, 0.1) is 0 Å². The minimum absolute atomic E-state index is 0.0670. The van der Waals surface area contributed by atoms with Crippen LogP contribution in [0.15, 0.2) is 18.2 Å². The van der Waals surface area contributed by atoms with Gasteiger partial charge in [-0.05, 0) is 25.0 Å². The highest BCUT2D eigenvalue weighted by Gasteiger charge is 2.23. The molecule has 0 unspecified atom stereocenters. The number of methoxy groups -OCH3 is 1. The summed E-state index contributed by atoms with van der Waals surface area (Å²) < 4.78 is 4.94. The van der Waals surface area contributed by atoms with Crippen LogP contribution >= 0.6 is 0 Å². The second-order valence-electron chi connectivity index (χ2n) is 4.70. The number of hydrogen-bond acceptors (Lipinski definition) is 4. The van der Waals surface area contributed by atoms with Gasteiger partial charge in [-0.3, -0.25) is 9.59 Å². The Kier molecular flexibility index (Phi) is 4.45. The third kappa shape index (κ3) is 3.63. The van der Waals surface area contributed by atoms with Gasteiger partial charge in [0.1, 0.15) is 0 Å². The first kappa shape index (κ1) is 14.2. The van der Waals surface area contributed by atoms with Crippen molar-refractivity contribution < 1.29 is 19.4 Å². The molecule has 3 N–H and O–H groups in total. The van der Waals surface area contributed by atoms with Crippen molar-refractivity contribution in [2.75, 3.05) is 13.7 Å². The second kappa shape index (κ2) is 6.27. The predicted octanol–water partition coefficient (Wildman–Crippen LogP) is 0.799. The number of aromatic hydroxyl groups is 1. The Morgan fingerprint density at radius 2 is 2.15 bits per heavy atom. The van der Waals surface area contributed by atoms with Crippen LogP contribution in [0.3, 0.4) is 0 Å². The molecule has 1 aromatic carbocycles. The van der Waals surface area contributed by atoms with Crippen LogP contribution in [-0.4, -0.2) is 36.6 Å². The molecule has 6 heteroatoms. The van der Waals surface area contributed by atoms with Crippen molar-refractivity contribution >= 4 is 11.8 Å². The topological polar surface area (TPSA) is 87.7 Å². The van der Waals surface area contributed by atoms with Gasteiger partial charge in [-0.25, -0.2) is 0 Å². The summed E-state index contributed by atoms with van der Waals surface area (Å²) in [6, 6.07) is 5.00. The Hall–Kier alpha value is -2.24. The van der Waals surface area contributed by atoms with Gasteiger partial charge in [0, 0.05) is 19.0 Å². The molecular formula is C14H18N2O4. The number of ether oxygens (including phenoxy) is 1. The van der Waals surface area contributed by atoms with Crippen LogP contribution in [0.5, 0.6) is 11.5 Å². The number of rotatable bonds is 6. The lowest BCUT2D eigenvalue weighted by Crippen LogP contribution is -2.31. The van der Waals surface area contributed by atoms with E-state index in [4.69, 9.17) is 4.74 Å². The lowest BCUT2D eigenvalue weighted by molar-refractivity contribution is -0.121. The van der Waals surface area contributed by atoms with E-state index in [1.807, 2.05) is 0 Å². The average molecular weight is 278 g/mol. The molecule has 1 fully saturated rings. The maximum atomic E-state index is 11.9. The molecule has 1 aliphatic carbocycles. The number of phenolic OH excluding ortho intramolecular Hbond substituents is 1. The van der Waals surface area contributed by atoms with E-state index in [9.17, 15) is 14.7 Å². The molecule has 1 saturated carbocycles. The fourth-order valence-electron chi connectivity index (χ4n) is 1.78. The van der Waals surface area contributed by atoms with Crippen LogP contribution in [0.2, 0.25) is 0 Å². The van der Waals surface area contributed by atoms with Crippen molar-refractivity contribution in [2.45, 2.75) is 25.3 Å². The number of benzene rings is 1. The molecule has 0 aliphatic heterocycles. The molecule has 0 saturated heterocycles. The summed E-state index contributed by atoms with van der Waals surface area (Å²) in [5.74, 6) is -0.456. The SMILES string of the molecule is COc1cccc(C(=O)NCCC(=O)NC2CC2)c1O. The summed E-state index contributed by atoms with van der Waals surface area (Å²) in [5, 5.41) is 15.3. The summed E-state index contributed by atoms with van der Waals surface area (Å²) in [6.07, 6.45) is 2.30. The minimum Gasteiger partial charge on any atom is -0.504 e. The molecule has 108 valence electrons. The molecule has 20 heavy (non-hydrogen) atoms. The molecule has 1 aromatic rings. The van der Waals surface area contributed by atoms with E-state index >= 15 is 0 Å². The molecule has 0 bridgehead atoms. The number of phenols is 1. The summed E-state index contributed by atoms with van der Waals surface area (Å²) in [6.45, 7) is 0.230. The third-order valence-corrected chi connectivity index (χ3v) is 3.04. The zero-order valence-electron chi connectivity index (χ0n) is 11.3. The number of carbonyl (C=O) groups is 2. The molecule has 2 amide bonds. The predicted molar refractivity (Wildman–Crippen MR) is 72.8 cm³/mol. The smallest absolute Gasteiger partial charge is 0.255 e. The monoisotopic (exact) mass is 278 g/mol. The van der Waals surface area contributed by atoms with Gasteiger partial charge in [-0.2, -0.15) is 0 Å². The number of nitrogens with one attached hydrogen (secondary N) is 2. The van der Waals surface area contributed by atoms with Gasteiger partial charge in [-0.15, -0.1) is 0 Å². The van der Waals surface area contributed by atoms with Crippen LogP contribution in [0.4, 0.5) is 0 Å².